The van der Waals surface area contributed by atoms with Gasteiger partial charge in [-0.05, 0) is 51.5 Å². The quantitative estimate of drug-likeness (QED) is 0.738. The maximum absolute atomic E-state index is 11.4. The van der Waals surface area contributed by atoms with Crippen LogP contribution in [0.5, 0.6) is 5.75 Å². The molecule has 0 aliphatic heterocycles. The Morgan fingerprint density at radius 1 is 1.32 bits per heavy atom. The number of hydrogen-bond acceptors (Lipinski definition) is 4. The lowest BCUT2D eigenvalue weighted by atomic mass is 9.92. The molecule has 1 rings (SSSR count). The van der Waals surface area contributed by atoms with E-state index in [1.54, 1.807) is 31.2 Å². The molecule has 0 bridgehead atoms. The van der Waals surface area contributed by atoms with E-state index in [0.717, 1.165) is 0 Å². The standard InChI is InChI=1S/C15H19NO3/c1-4-18-14(17)12-5-7-13(8-6-12)19-10-9-15(2,3)11-16/h5-8H,4,9-10H2,1-3H3. The van der Waals surface area contributed by atoms with Crippen molar-refractivity contribution >= 4 is 5.97 Å². The van der Waals surface area contributed by atoms with Crippen molar-refractivity contribution in [1.29, 1.82) is 5.26 Å². The molecule has 0 saturated carbocycles. The van der Waals surface area contributed by atoms with Crippen molar-refractivity contribution in [2.24, 2.45) is 5.41 Å². The Hall–Kier alpha value is -2.02. The smallest absolute Gasteiger partial charge is 0.338 e. The van der Waals surface area contributed by atoms with E-state index in [9.17, 15) is 4.79 Å². The van der Waals surface area contributed by atoms with Gasteiger partial charge in [0.2, 0.25) is 0 Å². The maximum Gasteiger partial charge on any atom is 0.338 e. The van der Waals surface area contributed by atoms with Crippen LogP contribution >= 0.6 is 0 Å². The molecule has 1 aromatic carbocycles. The van der Waals surface area contributed by atoms with Gasteiger partial charge in [-0.15, -0.1) is 0 Å². The summed E-state index contributed by atoms with van der Waals surface area (Å²) in [5.41, 5.74) is 0.122. The van der Waals surface area contributed by atoms with Crippen LogP contribution in [-0.2, 0) is 4.74 Å². The van der Waals surface area contributed by atoms with Gasteiger partial charge in [0, 0.05) is 0 Å². The molecule has 0 saturated heterocycles. The van der Waals surface area contributed by atoms with Gasteiger partial charge in [0.1, 0.15) is 5.75 Å². The molecule has 0 amide bonds. The van der Waals surface area contributed by atoms with Crippen molar-refractivity contribution in [3.63, 3.8) is 0 Å². The monoisotopic (exact) mass is 261 g/mol. The SMILES string of the molecule is CCOC(=O)c1ccc(OCCC(C)(C)C#N)cc1. The molecule has 0 aliphatic rings. The van der Waals surface area contributed by atoms with Crippen LogP contribution in [0.3, 0.4) is 0 Å². The molecule has 0 aliphatic carbocycles. The second-order valence-corrected chi connectivity index (χ2v) is 4.84. The first-order valence-electron chi connectivity index (χ1n) is 6.30. The minimum Gasteiger partial charge on any atom is -0.494 e. The van der Waals surface area contributed by atoms with Gasteiger partial charge in [-0.3, -0.25) is 0 Å². The predicted octanol–water partition coefficient (Wildman–Crippen LogP) is 3.18. The largest absolute Gasteiger partial charge is 0.494 e. The van der Waals surface area contributed by atoms with Crippen LogP contribution in [0.4, 0.5) is 0 Å². The number of nitrogens with zero attached hydrogens (tertiary/aromatic N) is 1. The van der Waals surface area contributed by atoms with Gasteiger partial charge in [-0.25, -0.2) is 4.79 Å². The van der Waals surface area contributed by atoms with E-state index in [0.29, 0.717) is 30.9 Å². The summed E-state index contributed by atoms with van der Waals surface area (Å²) in [5.74, 6) is 0.349. The van der Waals surface area contributed by atoms with Crippen LogP contribution in [0.25, 0.3) is 0 Å². The highest BCUT2D eigenvalue weighted by Crippen LogP contribution is 2.20. The van der Waals surface area contributed by atoms with Crippen LogP contribution < -0.4 is 4.74 Å². The van der Waals surface area contributed by atoms with E-state index in [1.165, 1.54) is 0 Å². The third-order valence-electron chi connectivity index (χ3n) is 2.66. The summed E-state index contributed by atoms with van der Waals surface area (Å²) in [6, 6.07) is 9.02. The Bertz CT molecular complexity index is 457. The van der Waals surface area contributed by atoms with Gasteiger partial charge in [0.05, 0.1) is 30.3 Å². The number of rotatable bonds is 6. The molecule has 0 N–H and O–H groups in total. The molecule has 0 spiro atoms. The highest BCUT2D eigenvalue weighted by Gasteiger charge is 2.16. The molecule has 0 aromatic heterocycles. The molecular formula is C15H19NO3. The second kappa shape index (κ2) is 6.79. The van der Waals surface area contributed by atoms with E-state index in [4.69, 9.17) is 14.7 Å². The highest BCUT2D eigenvalue weighted by molar-refractivity contribution is 5.89. The summed E-state index contributed by atoms with van der Waals surface area (Å²) in [6.07, 6.45) is 0.656. The Labute approximate surface area is 113 Å². The lowest BCUT2D eigenvalue weighted by Gasteiger charge is -2.15. The molecule has 1 aromatic rings. The zero-order valence-electron chi connectivity index (χ0n) is 11.6. The minimum absolute atomic E-state index is 0.334. The number of carbonyl (C=O) groups excluding carboxylic acids is 1. The Balaban J connectivity index is 2.49. The highest BCUT2D eigenvalue weighted by atomic mass is 16.5. The lowest BCUT2D eigenvalue weighted by Crippen LogP contribution is -2.13. The van der Waals surface area contributed by atoms with Crippen LogP contribution in [0.1, 0.15) is 37.6 Å². The van der Waals surface area contributed by atoms with Crippen LogP contribution in [0, 0.1) is 16.7 Å². The Kier molecular flexibility index (Phi) is 5.37. The van der Waals surface area contributed by atoms with E-state index in [1.807, 2.05) is 13.8 Å². The van der Waals surface area contributed by atoms with E-state index in [2.05, 4.69) is 6.07 Å². The van der Waals surface area contributed by atoms with Crippen molar-refractivity contribution in [2.75, 3.05) is 13.2 Å². The summed E-state index contributed by atoms with van der Waals surface area (Å²) in [6.45, 7) is 6.35. The first-order valence-corrected chi connectivity index (χ1v) is 6.30. The van der Waals surface area contributed by atoms with Gasteiger partial charge in [0.25, 0.3) is 0 Å². The average molecular weight is 261 g/mol. The summed E-state index contributed by atoms with van der Waals surface area (Å²) in [5, 5.41) is 8.88. The summed E-state index contributed by atoms with van der Waals surface area (Å²) >= 11 is 0. The van der Waals surface area contributed by atoms with Crippen LogP contribution in [0.15, 0.2) is 24.3 Å². The van der Waals surface area contributed by atoms with E-state index in [-0.39, 0.29) is 11.4 Å². The first kappa shape index (κ1) is 15.0. The summed E-state index contributed by atoms with van der Waals surface area (Å²) in [7, 11) is 0. The van der Waals surface area contributed by atoms with Crippen molar-refractivity contribution in [1.82, 2.24) is 0 Å². The average Bonchev–Trinajstić information content (AvgIpc) is 2.39. The summed E-state index contributed by atoms with van der Waals surface area (Å²) in [4.78, 5) is 11.4. The number of nitriles is 1. The van der Waals surface area contributed by atoms with E-state index < -0.39 is 0 Å². The Morgan fingerprint density at radius 3 is 2.47 bits per heavy atom. The topological polar surface area (TPSA) is 59.3 Å². The normalized spacial score (nSPS) is 10.6. The lowest BCUT2D eigenvalue weighted by molar-refractivity contribution is 0.0526. The maximum atomic E-state index is 11.4. The number of ether oxygens (including phenoxy) is 2. The molecule has 0 heterocycles. The van der Waals surface area contributed by atoms with Gasteiger partial charge in [-0.2, -0.15) is 5.26 Å². The summed E-state index contributed by atoms with van der Waals surface area (Å²) < 4.78 is 10.4. The van der Waals surface area contributed by atoms with Gasteiger partial charge < -0.3 is 9.47 Å². The number of hydrogen-bond donors (Lipinski definition) is 0. The third kappa shape index (κ3) is 5.01. The Morgan fingerprint density at radius 2 is 1.95 bits per heavy atom. The van der Waals surface area contributed by atoms with E-state index >= 15 is 0 Å². The fourth-order valence-corrected chi connectivity index (χ4v) is 1.38. The molecule has 102 valence electrons. The molecule has 4 nitrogen and oxygen atoms in total. The molecule has 0 atom stereocenters. The second-order valence-electron chi connectivity index (χ2n) is 4.84. The zero-order chi connectivity index (χ0) is 14.3. The molecular weight excluding hydrogens is 242 g/mol. The van der Waals surface area contributed by atoms with Crippen LogP contribution in [-0.4, -0.2) is 19.2 Å². The van der Waals surface area contributed by atoms with Gasteiger partial charge >= 0.3 is 5.97 Å². The molecule has 0 fully saturated rings. The van der Waals surface area contributed by atoms with Crippen molar-refractivity contribution < 1.29 is 14.3 Å². The first-order chi connectivity index (χ1) is 8.98. The fraction of sp³-hybridized carbons (Fsp3) is 0.467. The van der Waals surface area contributed by atoms with Crippen molar-refractivity contribution in [3.05, 3.63) is 29.8 Å². The van der Waals surface area contributed by atoms with Crippen molar-refractivity contribution in [2.45, 2.75) is 27.2 Å². The third-order valence-corrected chi connectivity index (χ3v) is 2.66. The number of carbonyl (C=O) groups is 1. The van der Waals surface area contributed by atoms with Crippen molar-refractivity contribution in [3.8, 4) is 11.8 Å². The van der Waals surface area contributed by atoms with Gasteiger partial charge in [-0.1, -0.05) is 0 Å². The number of benzene rings is 1. The molecule has 4 heteroatoms. The van der Waals surface area contributed by atoms with Crippen LogP contribution in [0.2, 0.25) is 0 Å². The fourth-order valence-electron chi connectivity index (χ4n) is 1.38. The molecule has 0 unspecified atom stereocenters. The zero-order valence-corrected chi connectivity index (χ0v) is 11.6. The van der Waals surface area contributed by atoms with Gasteiger partial charge in [0.15, 0.2) is 0 Å². The molecule has 19 heavy (non-hydrogen) atoms. The number of esters is 1. The molecule has 0 radical (unpaired) electrons. The minimum atomic E-state index is -0.384. The predicted molar refractivity (Wildman–Crippen MR) is 71.9 cm³/mol.